The van der Waals surface area contributed by atoms with Crippen LogP contribution in [-0.4, -0.2) is 30.2 Å². The van der Waals surface area contributed by atoms with Crippen LogP contribution in [0.1, 0.15) is 0 Å². The van der Waals surface area contributed by atoms with Crippen LogP contribution in [-0.2, 0) is 16.9 Å². The first-order chi connectivity index (χ1) is 10.9. The zero-order valence-corrected chi connectivity index (χ0v) is 17.6. The maximum Gasteiger partial charge on any atom is 0.217 e. The fourth-order valence-corrected chi connectivity index (χ4v) is 4.51. The fraction of sp³-hybridized carbons (Fsp3) is 0.143. The molecule has 12 heteroatoms. The molecule has 0 aliphatic carbocycles. The van der Waals surface area contributed by atoms with Crippen LogP contribution in [0.3, 0.4) is 0 Å². The Kier molecular flexibility index (Phi) is 9.01. The average Bonchev–Trinajstić information content (AvgIpc) is 3.15. The van der Waals surface area contributed by atoms with Gasteiger partial charge in [0.1, 0.15) is 10.0 Å². The summed E-state index contributed by atoms with van der Waals surface area (Å²) in [5.41, 5.74) is 1.10. The first-order valence-corrected chi connectivity index (χ1v) is 8.88. The van der Waals surface area contributed by atoms with Crippen molar-refractivity contribution in [3.05, 3.63) is 42.6 Å². The van der Waals surface area contributed by atoms with Gasteiger partial charge in [0.2, 0.25) is 9.84 Å². The number of aryl methyl sites for hydroxylation is 1. The van der Waals surface area contributed by atoms with E-state index < -0.39 is 15.7 Å². The highest BCUT2D eigenvalue weighted by atomic mass is 35.5. The van der Waals surface area contributed by atoms with Crippen LogP contribution in [0.5, 0.6) is 0 Å². The Labute approximate surface area is 173 Å². The molecule has 0 saturated heterocycles. The van der Waals surface area contributed by atoms with Crippen LogP contribution < -0.4 is 5.32 Å². The molecule has 144 valence electrons. The van der Waals surface area contributed by atoms with Crippen LogP contribution in [0, 0.1) is 5.82 Å². The second kappa shape index (κ2) is 9.52. The molecule has 3 aromatic rings. The van der Waals surface area contributed by atoms with Gasteiger partial charge in [0, 0.05) is 25.9 Å². The molecular formula is C14H16Cl3FN4O2S2. The van der Waals surface area contributed by atoms with Gasteiger partial charge in [-0.2, -0.15) is 5.10 Å². The zero-order valence-electron chi connectivity index (χ0n) is 13.5. The molecule has 0 spiro atoms. The summed E-state index contributed by atoms with van der Waals surface area (Å²) in [5.74, 6) is -0.622. The van der Waals surface area contributed by atoms with E-state index in [0.717, 1.165) is 17.4 Å². The number of hydrogen-bond acceptors (Lipinski definition) is 6. The van der Waals surface area contributed by atoms with Gasteiger partial charge in [-0.05, 0) is 23.8 Å². The number of aromatic nitrogens is 3. The Morgan fingerprint density at radius 2 is 1.81 bits per heavy atom. The first kappa shape index (κ1) is 24.6. The molecule has 2 heterocycles. The standard InChI is InChI=1S/C14H13FN4O2S2.3ClH/c1-16-14-17-7-13(22-14)23(20,21)12-4-9(3-11(15)5-12)10-6-18-19(2)8-10;;;/h3-8H,1-2H3,(H,16,17);3*1H. The summed E-state index contributed by atoms with van der Waals surface area (Å²) in [6.45, 7) is 0. The molecule has 0 amide bonds. The molecule has 0 bridgehead atoms. The summed E-state index contributed by atoms with van der Waals surface area (Å²) in [6.07, 6.45) is 4.51. The molecule has 0 aliphatic heterocycles. The lowest BCUT2D eigenvalue weighted by Gasteiger charge is -2.05. The van der Waals surface area contributed by atoms with Crippen molar-refractivity contribution in [1.82, 2.24) is 14.8 Å². The lowest BCUT2D eigenvalue weighted by atomic mass is 10.1. The van der Waals surface area contributed by atoms with E-state index in [0.29, 0.717) is 16.3 Å². The van der Waals surface area contributed by atoms with Crippen molar-refractivity contribution in [3.63, 3.8) is 0 Å². The number of nitrogens with zero attached hydrogens (tertiary/aromatic N) is 3. The number of halogens is 4. The van der Waals surface area contributed by atoms with E-state index >= 15 is 0 Å². The number of hydrogen-bond donors (Lipinski definition) is 1. The van der Waals surface area contributed by atoms with E-state index in [1.54, 1.807) is 31.2 Å². The molecule has 1 N–H and O–H groups in total. The molecule has 0 fully saturated rings. The van der Waals surface area contributed by atoms with E-state index in [-0.39, 0.29) is 46.3 Å². The maximum atomic E-state index is 13.9. The molecule has 0 aliphatic rings. The maximum absolute atomic E-state index is 13.9. The minimum atomic E-state index is -3.83. The smallest absolute Gasteiger partial charge is 0.217 e. The second-order valence-electron chi connectivity index (χ2n) is 4.82. The van der Waals surface area contributed by atoms with Crippen molar-refractivity contribution in [3.8, 4) is 11.1 Å². The Balaban J connectivity index is 0.00000208. The third-order valence-corrected chi connectivity index (χ3v) is 6.39. The van der Waals surface area contributed by atoms with E-state index in [1.165, 1.54) is 18.3 Å². The summed E-state index contributed by atoms with van der Waals surface area (Å²) in [4.78, 5) is 3.85. The molecule has 0 atom stereocenters. The molecule has 6 nitrogen and oxygen atoms in total. The normalized spacial score (nSPS) is 10.3. The van der Waals surface area contributed by atoms with E-state index in [9.17, 15) is 12.8 Å². The van der Waals surface area contributed by atoms with Crippen molar-refractivity contribution >= 4 is 63.5 Å². The number of sulfone groups is 1. The molecule has 2 aromatic heterocycles. The monoisotopic (exact) mass is 460 g/mol. The average molecular weight is 462 g/mol. The molecule has 0 saturated carbocycles. The number of rotatable bonds is 4. The highest BCUT2D eigenvalue weighted by molar-refractivity contribution is 7.93. The Morgan fingerprint density at radius 3 is 2.35 bits per heavy atom. The van der Waals surface area contributed by atoms with Gasteiger partial charge >= 0.3 is 0 Å². The van der Waals surface area contributed by atoms with Crippen molar-refractivity contribution in [2.45, 2.75) is 9.10 Å². The highest BCUT2D eigenvalue weighted by Gasteiger charge is 2.22. The number of nitrogens with one attached hydrogen (secondary N) is 1. The lowest BCUT2D eigenvalue weighted by molar-refractivity contribution is 0.592. The third kappa shape index (κ3) is 4.86. The molecular weight excluding hydrogens is 446 g/mol. The molecule has 0 radical (unpaired) electrons. The van der Waals surface area contributed by atoms with Crippen LogP contribution in [0.25, 0.3) is 11.1 Å². The van der Waals surface area contributed by atoms with E-state index in [1.807, 2.05) is 0 Å². The Morgan fingerprint density at radius 1 is 1.12 bits per heavy atom. The number of thiazole rings is 1. The lowest BCUT2D eigenvalue weighted by Crippen LogP contribution is -2.01. The van der Waals surface area contributed by atoms with Crippen molar-refractivity contribution in [2.24, 2.45) is 7.05 Å². The van der Waals surface area contributed by atoms with Gasteiger partial charge in [-0.15, -0.1) is 37.2 Å². The van der Waals surface area contributed by atoms with Gasteiger partial charge in [0.05, 0.1) is 17.3 Å². The SMILES string of the molecule is CNc1ncc(S(=O)(=O)c2cc(F)cc(-c3cnn(C)c3)c2)s1.Cl.Cl.Cl. The summed E-state index contributed by atoms with van der Waals surface area (Å²) < 4.78 is 40.9. The van der Waals surface area contributed by atoms with Gasteiger partial charge in [-0.25, -0.2) is 17.8 Å². The zero-order chi connectivity index (χ0) is 16.6. The largest absolute Gasteiger partial charge is 0.365 e. The first-order valence-electron chi connectivity index (χ1n) is 6.58. The summed E-state index contributed by atoms with van der Waals surface area (Å²) in [7, 11) is -0.442. The van der Waals surface area contributed by atoms with Gasteiger partial charge in [0.25, 0.3) is 0 Å². The molecule has 1 aromatic carbocycles. The van der Waals surface area contributed by atoms with E-state index in [4.69, 9.17) is 0 Å². The van der Waals surface area contributed by atoms with Gasteiger partial charge < -0.3 is 5.32 Å². The molecule has 3 rings (SSSR count). The number of anilines is 1. The highest BCUT2D eigenvalue weighted by Crippen LogP contribution is 2.31. The topological polar surface area (TPSA) is 76.9 Å². The fourth-order valence-electron chi connectivity index (χ4n) is 2.07. The molecule has 26 heavy (non-hydrogen) atoms. The van der Waals surface area contributed by atoms with E-state index in [2.05, 4.69) is 15.4 Å². The third-order valence-electron chi connectivity index (χ3n) is 3.18. The Hall–Kier alpha value is -1.39. The van der Waals surface area contributed by atoms with Crippen LogP contribution in [0.15, 0.2) is 45.9 Å². The minimum absolute atomic E-state index is 0. The van der Waals surface area contributed by atoms with Gasteiger partial charge in [-0.1, -0.05) is 11.3 Å². The predicted octanol–water partition coefficient (Wildman–Crippen LogP) is 3.82. The Bertz CT molecular complexity index is 976. The van der Waals surface area contributed by atoms with Crippen LogP contribution >= 0.6 is 48.6 Å². The minimum Gasteiger partial charge on any atom is -0.365 e. The van der Waals surface area contributed by atoms with Crippen molar-refractivity contribution in [2.75, 3.05) is 12.4 Å². The molecule has 0 unspecified atom stereocenters. The van der Waals surface area contributed by atoms with Crippen molar-refractivity contribution < 1.29 is 12.8 Å². The second-order valence-corrected chi connectivity index (χ2v) is 8.02. The van der Waals surface area contributed by atoms with Crippen molar-refractivity contribution in [1.29, 1.82) is 0 Å². The van der Waals surface area contributed by atoms with Crippen LogP contribution in [0.4, 0.5) is 9.52 Å². The van der Waals surface area contributed by atoms with Gasteiger partial charge in [0.15, 0.2) is 5.13 Å². The summed E-state index contributed by atoms with van der Waals surface area (Å²) >= 11 is 0.997. The number of benzene rings is 1. The van der Waals surface area contributed by atoms with Crippen LogP contribution in [0.2, 0.25) is 0 Å². The van der Waals surface area contributed by atoms with Gasteiger partial charge in [-0.3, -0.25) is 4.68 Å². The summed E-state index contributed by atoms with van der Waals surface area (Å²) in [6, 6.07) is 3.73. The summed E-state index contributed by atoms with van der Waals surface area (Å²) in [5, 5.41) is 7.27. The quantitative estimate of drug-likeness (QED) is 0.639. The predicted molar refractivity (Wildman–Crippen MR) is 107 cm³/mol.